The van der Waals surface area contributed by atoms with Gasteiger partial charge in [0.25, 0.3) is 0 Å². The summed E-state index contributed by atoms with van der Waals surface area (Å²) in [5, 5.41) is 18.1. The maximum Gasteiger partial charge on any atom is 0.336 e. The number of benzene rings is 2. The third kappa shape index (κ3) is 3.05. The van der Waals surface area contributed by atoms with E-state index in [-0.39, 0.29) is 11.3 Å². The number of rotatable bonds is 3. The SMILES string of the molecule is O=C(O)c1ccc(Sc2ccc(O)cc2)cc1Br. The van der Waals surface area contributed by atoms with Crippen LogP contribution >= 0.6 is 27.7 Å². The van der Waals surface area contributed by atoms with Crippen LogP contribution in [-0.4, -0.2) is 16.2 Å². The average Bonchev–Trinajstić information content (AvgIpc) is 2.32. The predicted molar refractivity (Wildman–Crippen MR) is 73.3 cm³/mol. The Labute approximate surface area is 117 Å². The van der Waals surface area contributed by atoms with Crippen LogP contribution in [-0.2, 0) is 0 Å². The van der Waals surface area contributed by atoms with Gasteiger partial charge in [0.1, 0.15) is 5.75 Å². The Bertz CT molecular complexity index is 581. The second-order valence-electron chi connectivity index (χ2n) is 3.54. The molecule has 2 aromatic carbocycles. The lowest BCUT2D eigenvalue weighted by atomic mass is 10.2. The summed E-state index contributed by atoms with van der Waals surface area (Å²) in [6, 6.07) is 11.9. The summed E-state index contributed by atoms with van der Waals surface area (Å²) in [6.45, 7) is 0. The van der Waals surface area contributed by atoms with Gasteiger partial charge in [-0.1, -0.05) is 11.8 Å². The zero-order valence-corrected chi connectivity index (χ0v) is 11.5. The molecule has 0 unspecified atom stereocenters. The summed E-state index contributed by atoms with van der Waals surface area (Å²) in [4.78, 5) is 12.8. The Morgan fingerprint density at radius 1 is 1.06 bits per heavy atom. The molecule has 18 heavy (non-hydrogen) atoms. The quantitative estimate of drug-likeness (QED) is 0.895. The fraction of sp³-hybridized carbons (Fsp3) is 0. The van der Waals surface area contributed by atoms with Gasteiger partial charge in [-0.05, 0) is 58.4 Å². The van der Waals surface area contributed by atoms with E-state index in [0.29, 0.717) is 4.47 Å². The molecule has 0 radical (unpaired) electrons. The van der Waals surface area contributed by atoms with Gasteiger partial charge in [0.2, 0.25) is 0 Å². The summed E-state index contributed by atoms with van der Waals surface area (Å²) < 4.78 is 0.554. The van der Waals surface area contributed by atoms with Crippen molar-refractivity contribution in [1.82, 2.24) is 0 Å². The molecule has 0 aliphatic heterocycles. The number of halogens is 1. The topological polar surface area (TPSA) is 57.5 Å². The molecule has 0 fully saturated rings. The van der Waals surface area contributed by atoms with Crippen LogP contribution in [0.4, 0.5) is 0 Å². The summed E-state index contributed by atoms with van der Waals surface area (Å²) in [7, 11) is 0. The maximum absolute atomic E-state index is 10.9. The van der Waals surface area contributed by atoms with Gasteiger partial charge >= 0.3 is 5.97 Å². The molecule has 2 aromatic rings. The second kappa shape index (κ2) is 5.46. The third-order valence-electron chi connectivity index (χ3n) is 2.24. The minimum Gasteiger partial charge on any atom is -0.508 e. The molecule has 0 heterocycles. The zero-order chi connectivity index (χ0) is 13.1. The molecule has 0 aromatic heterocycles. The molecule has 0 aliphatic carbocycles. The van der Waals surface area contributed by atoms with Gasteiger partial charge in [-0.15, -0.1) is 0 Å². The third-order valence-corrected chi connectivity index (χ3v) is 3.90. The first kappa shape index (κ1) is 13.0. The van der Waals surface area contributed by atoms with Crippen molar-refractivity contribution in [3.8, 4) is 5.75 Å². The van der Waals surface area contributed by atoms with Crippen LogP contribution in [0.25, 0.3) is 0 Å². The minimum atomic E-state index is -0.956. The summed E-state index contributed by atoms with van der Waals surface area (Å²) in [5.74, 6) is -0.732. The molecule has 2 rings (SSSR count). The van der Waals surface area contributed by atoms with Crippen LogP contribution in [0.2, 0.25) is 0 Å². The van der Waals surface area contributed by atoms with Gasteiger partial charge in [0.05, 0.1) is 5.56 Å². The Kier molecular flexibility index (Phi) is 3.93. The number of carbonyl (C=O) groups is 1. The van der Waals surface area contributed by atoms with E-state index in [1.165, 1.54) is 11.8 Å². The van der Waals surface area contributed by atoms with Crippen LogP contribution in [0.15, 0.2) is 56.7 Å². The standard InChI is InChI=1S/C13H9BrO3S/c14-12-7-10(5-6-11(12)13(16)17)18-9-3-1-8(15)2-4-9/h1-7,15H,(H,16,17). The highest BCUT2D eigenvalue weighted by Crippen LogP contribution is 2.31. The highest BCUT2D eigenvalue weighted by Gasteiger charge is 2.08. The average molecular weight is 325 g/mol. The first-order valence-corrected chi connectivity index (χ1v) is 6.67. The van der Waals surface area contributed by atoms with E-state index in [1.54, 1.807) is 42.5 Å². The normalized spacial score (nSPS) is 10.3. The minimum absolute atomic E-state index is 0.224. The van der Waals surface area contributed by atoms with Gasteiger partial charge < -0.3 is 10.2 Å². The fourth-order valence-electron chi connectivity index (χ4n) is 1.38. The molecular formula is C13H9BrO3S. The highest BCUT2D eigenvalue weighted by atomic mass is 79.9. The van der Waals surface area contributed by atoms with Crippen LogP contribution < -0.4 is 0 Å². The fourth-order valence-corrected chi connectivity index (χ4v) is 2.94. The lowest BCUT2D eigenvalue weighted by Crippen LogP contribution is -1.96. The molecule has 5 heteroatoms. The number of phenols is 1. The van der Waals surface area contributed by atoms with E-state index in [0.717, 1.165) is 9.79 Å². The monoisotopic (exact) mass is 324 g/mol. The molecule has 0 amide bonds. The molecule has 0 bridgehead atoms. The van der Waals surface area contributed by atoms with E-state index in [1.807, 2.05) is 0 Å². The summed E-state index contributed by atoms with van der Waals surface area (Å²) in [6.07, 6.45) is 0. The molecular weight excluding hydrogens is 316 g/mol. The van der Waals surface area contributed by atoms with E-state index in [4.69, 9.17) is 5.11 Å². The van der Waals surface area contributed by atoms with Crippen molar-refractivity contribution in [2.45, 2.75) is 9.79 Å². The van der Waals surface area contributed by atoms with Crippen molar-refractivity contribution in [2.75, 3.05) is 0 Å². The largest absolute Gasteiger partial charge is 0.508 e. The number of aromatic hydroxyl groups is 1. The van der Waals surface area contributed by atoms with Crippen LogP contribution in [0.5, 0.6) is 5.75 Å². The van der Waals surface area contributed by atoms with Gasteiger partial charge in [0, 0.05) is 14.3 Å². The number of hydrogen-bond acceptors (Lipinski definition) is 3. The lowest BCUT2D eigenvalue weighted by Gasteiger charge is -2.04. The van der Waals surface area contributed by atoms with Crippen LogP contribution in [0.1, 0.15) is 10.4 Å². The van der Waals surface area contributed by atoms with E-state index in [9.17, 15) is 9.90 Å². The Morgan fingerprint density at radius 2 is 1.67 bits per heavy atom. The maximum atomic E-state index is 10.9. The second-order valence-corrected chi connectivity index (χ2v) is 5.54. The number of phenolic OH excluding ortho intramolecular Hbond substituents is 1. The Morgan fingerprint density at radius 3 is 2.22 bits per heavy atom. The van der Waals surface area contributed by atoms with E-state index in [2.05, 4.69) is 15.9 Å². The van der Waals surface area contributed by atoms with Crippen molar-refractivity contribution in [3.05, 3.63) is 52.5 Å². The van der Waals surface area contributed by atoms with Crippen LogP contribution in [0, 0.1) is 0 Å². The van der Waals surface area contributed by atoms with E-state index < -0.39 is 5.97 Å². The predicted octanol–water partition coefficient (Wildman–Crippen LogP) is 4.00. The number of carboxylic acid groups (broad SMARTS) is 1. The number of hydrogen-bond donors (Lipinski definition) is 2. The molecule has 2 N–H and O–H groups in total. The lowest BCUT2D eigenvalue weighted by molar-refractivity contribution is 0.0696. The molecule has 3 nitrogen and oxygen atoms in total. The molecule has 0 saturated carbocycles. The first-order valence-electron chi connectivity index (χ1n) is 5.06. The van der Waals surface area contributed by atoms with Crippen molar-refractivity contribution >= 4 is 33.7 Å². The zero-order valence-electron chi connectivity index (χ0n) is 9.13. The highest BCUT2D eigenvalue weighted by molar-refractivity contribution is 9.10. The van der Waals surface area contributed by atoms with Crippen molar-refractivity contribution < 1.29 is 15.0 Å². The first-order chi connectivity index (χ1) is 8.56. The van der Waals surface area contributed by atoms with Gasteiger partial charge in [-0.3, -0.25) is 0 Å². The molecule has 0 aliphatic rings. The molecule has 0 spiro atoms. The molecule has 0 atom stereocenters. The molecule has 92 valence electrons. The summed E-state index contributed by atoms with van der Waals surface area (Å²) in [5.41, 5.74) is 0.241. The van der Waals surface area contributed by atoms with Crippen molar-refractivity contribution in [3.63, 3.8) is 0 Å². The molecule has 0 saturated heterocycles. The van der Waals surface area contributed by atoms with Gasteiger partial charge in [0.15, 0.2) is 0 Å². The number of carboxylic acids is 1. The smallest absolute Gasteiger partial charge is 0.336 e. The Balaban J connectivity index is 2.22. The van der Waals surface area contributed by atoms with Crippen molar-refractivity contribution in [1.29, 1.82) is 0 Å². The number of aromatic carboxylic acids is 1. The Hall–Kier alpha value is -1.46. The van der Waals surface area contributed by atoms with Crippen LogP contribution in [0.3, 0.4) is 0 Å². The van der Waals surface area contributed by atoms with Gasteiger partial charge in [-0.2, -0.15) is 0 Å². The summed E-state index contributed by atoms with van der Waals surface area (Å²) >= 11 is 4.74. The van der Waals surface area contributed by atoms with E-state index >= 15 is 0 Å². The van der Waals surface area contributed by atoms with Crippen molar-refractivity contribution in [2.24, 2.45) is 0 Å². The van der Waals surface area contributed by atoms with Gasteiger partial charge in [-0.25, -0.2) is 4.79 Å².